The lowest BCUT2D eigenvalue weighted by Gasteiger charge is -2.13. The Morgan fingerprint density at radius 2 is 2.29 bits per heavy atom. The molecule has 1 aliphatic heterocycles. The zero-order valence-corrected chi connectivity index (χ0v) is 8.42. The maximum absolute atomic E-state index is 11.2. The zero-order chi connectivity index (χ0) is 9.97. The van der Waals surface area contributed by atoms with Crippen LogP contribution in [0.4, 0.5) is 4.79 Å². The lowest BCUT2D eigenvalue weighted by molar-refractivity contribution is 0.215. The molecule has 1 aromatic rings. The second kappa shape index (κ2) is 3.83. The molecule has 2 heterocycles. The molecule has 1 N–H and O–H groups in total. The number of carbonyl (C=O) groups is 1. The number of nitrogens with zero attached hydrogens (tertiary/aromatic N) is 2. The van der Waals surface area contributed by atoms with Crippen molar-refractivity contribution in [1.82, 2.24) is 14.8 Å². The number of hydrogen-bond acceptors (Lipinski definition) is 3. The number of urea groups is 1. The van der Waals surface area contributed by atoms with Crippen LogP contribution in [-0.2, 0) is 6.54 Å². The van der Waals surface area contributed by atoms with Gasteiger partial charge in [-0.15, -0.1) is 0 Å². The summed E-state index contributed by atoms with van der Waals surface area (Å²) in [6, 6.07) is -0.0340. The standard InChI is InChI=1S/C8H11N3O2S/c12-7-9-1-2-10(7)3-4-11-5-6-14-8(11)13/h5-6H,1-4H2,(H,9,12). The zero-order valence-electron chi connectivity index (χ0n) is 7.60. The van der Waals surface area contributed by atoms with E-state index in [2.05, 4.69) is 5.32 Å². The van der Waals surface area contributed by atoms with Crippen LogP contribution in [0.5, 0.6) is 0 Å². The lowest BCUT2D eigenvalue weighted by Crippen LogP contribution is -2.32. The summed E-state index contributed by atoms with van der Waals surface area (Å²) in [5, 5.41) is 4.47. The van der Waals surface area contributed by atoms with Gasteiger partial charge in [0.1, 0.15) is 0 Å². The average Bonchev–Trinajstić information content (AvgIpc) is 2.72. The van der Waals surface area contributed by atoms with Gasteiger partial charge in [-0.25, -0.2) is 4.79 Å². The first-order valence-electron chi connectivity index (χ1n) is 4.44. The fourth-order valence-corrected chi connectivity index (χ4v) is 2.02. The molecule has 1 fully saturated rings. The van der Waals surface area contributed by atoms with Crippen LogP contribution in [0.3, 0.4) is 0 Å². The minimum absolute atomic E-state index is 0.0320. The summed E-state index contributed by atoms with van der Waals surface area (Å²) >= 11 is 1.18. The largest absolute Gasteiger partial charge is 0.336 e. The third kappa shape index (κ3) is 1.79. The van der Waals surface area contributed by atoms with Gasteiger partial charge in [-0.1, -0.05) is 11.3 Å². The minimum Gasteiger partial charge on any atom is -0.336 e. The van der Waals surface area contributed by atoms with Gasteiger partial charge in [0.2, 0.25) is 0 Å². The van der Waals surface area contributed by atoms with Gasteiger partial charge in [-0.05, 0) is 0 Å². The molecule has 2 rings (SSSR count). The molecule has 0 bridgehead atoms. The van der Waals surface area contributed by atoms with Gasteiger partial charge < -0.3 is 14.8 Å². The highest BCUT2D eigenvalue weighted by atomic mass is 32.1. The molecule has 0 spiro atoms. The Morgan fingerprint density at radius 3 is 2.86 bits per heavy atom. The van der Waals surface area contributed by atoms with Crippen LogP contribution in [0, 0.1) is 0 Å². The molecule has 0 aromatic carbocycles. The molecule has 5 nitrogen and oxygen atoms in total. The van der Waals surface area contributed by atoms with Crippen molar-refractivity contribution in [1.29, 1.82) is 0 Å². The summed E-state index contributed by atoms with van der Waals surface area (Å²) < 4.78 is 1.62. The van der Waals surface area contributed by atoms with E-state index in [4.69, 9.17) is 0 Å². The molecule has 0 saturated carbocycles. The molecule has 76 valence electrons. The first-order valence-corrected chi connectivity index (χ1v) is 5.32. The van der Waals surface area contributed by atoms with Crippen LogP contribution in [0.15, 0.2) is 16.4 Å². The van der Waals surface area contributed by atoms with Crippen molar-refractivity contribution in [2.24, 2.45) is 0 Å². The molecule has 0 atom stereocenters. The predicted molar refractivity (Wildman–Crippen MR) is 53.6 cm³/mol. The quantitative estimate of drug-likeness (QED) is 0.764. The van der Waals surface area contributed by atoms with Gasteiger partial charge in [0.05, 0.1) is 0 Å². The topological polar surface area (TPSA) is 54.3 Å². The summed E-state index contributed by atoms with van der Waals surface area (Å²) in [6.45, 7) is 2.62. The van der Waals surface area contributed by atoms with Crippen molar-refractivity contribution in [2.75, 3.05) is 19.6 Å². The Bertz CT molecular complexity index is 384. The van der Waals surface area contributed by atoms with E-state index in [1.165, 1.54) is 11.3 Å². The molecular weight excluding hydrogens is 202 g/mol. The number of hydrogen-bond donors (Lipinski definition) is 1. The van der Waals surface area contributed by atoms with Crippen LogP contribution < -0.4 is 10.2 Å². The SMILES string of the molecule is O=C1NCCN1CCn1ccsc1=O. The first kappa shape index (κ1) is 9.26. The molecule has 14 heavy (non-hydrogen) atoms. The number of carbonyl (C=O) groups excluding carboxylic acids is 1. The maximum atomic E-state index is 11.2. The van der Waals surface area contributed by atoms with Crippen LogP contribution in [0.25, 0.3) is 0 Å². The Morgan fingerprint density at radius 1 is 1.43 bits per heavy atom. The summed E-state index contributed by atoms with van der Waals surface area (Å²) in [5.41, 5.74) is 0. The van der Waals surface area contributed by atoms with Crippen LogP contribution in [0.1, 0.15) is 0 Å². The van der Waals surface area contributed by atoms with Crippen molar-refractivity contribution in [3.8, 4) is 0 Å². The normalized spacial score (nSPS) is 16.0. The molecule has 1 saturated heterocycles. The maximum Gasteiger partial charge on any atom is 0.317 e. The fraction of sp³-hybridized carbons (Fsp3) is 0.500. The van der Waals surface area contributed by atoms with E-state index in [9.17, 15) is 9.59 Å². The van der Waals surface area contributed by atoms with Crippen molar-refractivity contribution < 1.29 is 4.79 Å². The van der Waals surface area contributed by atoms with Gasteiger partial charge in [0.25, 0.3) is 0 Å². The average molecular weight is 213 g/mol. The van der Waals surface area contributed by atoms with E-state index in [0.717, 1.165) is 6.54 Å². The van der Waals surface area contributed by atoms with Gasteiger partial charge >= 0.3 is 10.9 Å². The molecule has 0 aliphatic carbocycles. The Balaban J connectivity index is 1.91. The van der Waals surface area contributed by atoms with Crippen molar-refractivity contribution in [3.05, 3.63) is 21.2 Å². The van der Waals surface area contributed by atoms with E-state index in [1.807, 2.05) is 0 Å². The van der Waals surface area contributed by atoms with Crippen LogP contribution in [-0.4, -0.2) is 35.1 Å². The van der Waals surface area contributed by atoms with E-state index in [1.54, 1.807) is 21.0 Å². The highest BCUT2D eigenvalue weighted by molar-refractivity contribution is 7.07. The van der Waals surface area contributed by atoms with Crippen LogP contribution in [0.2, 0.25) is 0 Å². The van der Waals surface area contributed by atoms with Crippen molar-refractivity contribution in [3.63, 3.8) is 0 Å². The smallest absolute Gasteiger partial charge is 0.317 e. The second-order valence-electron chi connectivity index (χ2n) is 3.08. The van der Waals surface area contributed by atoms with E-state index in [-0.39, 0.29) is 10.9 Å². The molecule has 2 amide bonds. The highest BCUT2D eigenvalue weighted by Crippen LogP contribution is 1.97. The molecular formula is C8H11N3O2S. The Labute approximate surface area is 85.0 Å². The van der Waals surface area contributed by atoms with Gasteiger partial charge in [-0.2, -0.15) is 0 Å². The third-order valence-electron chi connectivity index (χ3n) is 2.20. The third-order valence-corrected chi connectivity index (χ3v) is 2.89. The van der Waals surface area contributed by atoms with E-state index >= 15 is 0 Å². The monoisotopic (exact) mass is 213 g/mol. The summed E-state index contributed by atoms with van der Waals surface area (Å²) in [5.74, 6) is 0. The fourth-order valence-electron chi connectivity index (χ4n) is 1.41. The van der Waals surface area contributed by atoms with Crippen LogP contribution >= 0.6 is 11.3 Å². The molecule has 6 heteroatoms. The lowest BCUT2D eigenvalue weighted by atomic mass is 10.5. The predicted octanol–water partition coefficient (Wildman–Crippen LogP) is -0.0650. The Kier molecular flexibility index (Phi) is 2.53. The van der Waals surface area contributed by atoms with Crippen molar-refractivity contribution >= 4 is 17.4 Å². The number of nitrogens with one attached hydrogen (secondary N) is 1. The van der Waals surface area contributed by atoms with E-state index < -0.39 is 0 Å². The Hall–Kier alpha value is -1.30. The number of amides is 2. The second-order valence-corrected chi connectivity index (χ2v) is 3.94. The van der Waals surface area contributed by atoms with E-state index in [0.29, 0.717) is 19.6 Å². The van der Waals surface area contributed by atoms with Gasteiger partial charge in [0, 0.05) is 37.8 Å². The number of rotatable bonds is 3. The molecule has 1 aromatic heterocycles. The minimum atomic E-state index is -0.0340. The number of aromatic nitrogens is 1. The summed E-state index contributed by atoms with van der Waals surface area (Å²) in [6.07, 6.45) is 1.75. The summed E-state index contributed by atoms with van der Waals surface area (Å²) in [7, 11) is 0. The van der Waals surface area contributed by atoms with Gasteiger partial charge in [-0.3, -0.25) is 4.79 Å². The van der Waals surface area contributed by atoms with Crippen molar-refractivity contribution in [2.45, 2.75) is 6.54 Å². The molecule has 1 aliphatic rings. The summed E-state index contributed by atoms with van der Waals surface area (Å²) in [4.78, 5) is 24.1. The number of thiazole rings is 1. The molecule has 0 radical (unpaired) electrons. The first-order chi connectivity index (χ1) is 6.77. The molecule has 0 unspecified atom stereocenters. The highest BCUT2D eigenvalue weighted by Gasteiger charge is 2.18. The van der Waals surface area contributed by atoms with Gasteiger partial charge in [0.15, 0.2) is 0 Å².